The molecule has 0 unspecified atom stereocenters. The fourth-order valence-corrected chi connectivity index (χ4v) is 3.53. The van der Waals surface area contributed by atoms with Gasteiger partial charge in [-0.25, -0.2) is 14.4 Å². The Morgan fingerprint density at radius 1 is 0.966 bits per heavy atom. The van der Waals surface area contributed by atoms with E-state index in [0.717, 1.165) is 49.0 Å². The molecule has 4 rings (SSSR count). The lowest BCUT2D eigenvalue weighted by Crippen LogP contribution is -2.47. The van der Waals surface area contributed by atoms with E-state index in [0.29, 0.717) is 11.5 Å². The average molecular weight is 393 g/mol. The van der Waals surface area contributed by atoms with Gasteiger partial charge >= 0.3 is 0 Å². The van der Waals surface area contributed by atoms with Crippen LogP contribution >= 0.6 is 0 Å². The number of nitrogens with zero attached hydrogens (tertiary/aromatic N) is 4. The lowest BCUT2D eigenvalue weighted by atomic mass is 10.2. The fraction of sp³-hybridized carbons (Fsp3) is 0.273. The fourth-order valence-electron chi connectivity index (χ4n) is 3.53. The van der Waals surface area contributed by atoms with E-state index in [-0.39, 0.29) is 5.82 Å². The van der Waals surface area contributed by atoms with Gasteiger partial charge in [0.25, 0.3) is 0 Å². The van der Waals surface area contributed by atoms with Gasteiger partial charge < -0.3 is 19.9 Å². The number of rotatable bonds is 5. The van der Waals surface area contributed by atoms with Crippen LogP contribution in [0.1, 0.15) is 5.56 Å². The molecule has 29 heavy (non-hydrogen) atoms. The highest BCUT2D eigenvalue weighted by atomic mass is 19.1. The number of hydrogen-bond donors (Lipinski definition) is 1. The first kappa shape index (κ1) is 19.0. The number of methoxy groups -OCH3 is 1. The third kappa shape index (κ3) is 4.23. The number of aromatic nitrogens is 2. The molecule has 0 radical (unpaired) electrons. The van der Waals surface area contributed by atoms with Crippen molar-refractivity contribution in [2.24, 2.45) is 0 Å². The number of benzene rings is 2. The van der Waals surface area contributed by atoms with Crippen molar-refractivity contribution in [1.29, 1.82) is 0 Å². The second-order valence-electron chi connectivity index (χ2n) is 7.02. The number of halogens is 1. The first-order valence-electron chi connectivity index (χ1n) is 9.62. The quantitative estimate of drug-likeness (QED) is 0.707. The van der Waals surface area contributed by atoms with Crippen LogP contribution in [0.3, 0.4) is 0 Å². The minimum atomic E-state index is -0.179. The van der Waals surface area contributed by atoms with Crippen molar-refractivity contribution < 1.29 is 9.13 Å². The van der Waals surface area contributed by atoms with E-state index in [2.05, 4.69) is 25.1 Å². The van der Waals surface area contributed by atoms with Gasteiger partial charge in [-0.3, -0.25) is 0 Å². The molecule has 0 atom stereocenters. The van der Waals surface area contributed by atoms with Gasteiger partial charge in [0.15, 0.2) is 0 Å². The summed E-state index contributed by atoms with van der Waals surface area (Å²) in [6.07, 6.45) is 1.56. The SMILES string of the molecule is COc1ccc(C)cc1Nc1cc(N2CCN(c3ccccc3F)CC2)ncn1. The standard InChI is InChI=1S/C22H24FN5O/c1-16-7-8-20(29-2)18(13-16)26-21-14-22(25-15-24-21)28-11-9-27(10-12-28)19-6-4-3-5-17(19)23/h3-8,13-15H,9-12H2,1-2H3,(H,24,25,26). The van der Waals surface area contributed by atoms with Crippen LogP contribution in [0, 0.1) is 12.7 Å². The van der Waals surface area contributed by atoms with Crippen LogP contribution in [0.2, 0.25) is 0 Å². The number of ether oxygens (including phenoxy) is 1. The molecular formula is C22H24FN5O. The molecule has 7 heteroatoms. The largest absolute Gasteiger partial charge is 0.495 e. The highest BCUT2D eigenvalue weighted by Gasteiger charge is 2.20. The predicted octanol–water partition coefficient (Wildman–Crippen LogP) is 4.00. The van der Waals surface area contributed by atoms with Crippen molar-refractivity contribution in [2.75, 3.05) is 48.4 Å². The molecule has 3 aromatic rings. The Morgan fingerprint density at radius 3 is 2.48 bits per heavy atom. The van der Waals surface area contributed by atoms with Gasteiger partial charge in [0.2, 0.25) is 0 Å². The zero-order chi connectivity index (χ0) is 20.2. The van der Waals surface area contributed by atoms with E-state index in [1.807, 2.05) is 43.3 Å². The number of hydrogen-bond acceptors (Lipinski definition) is 6. The number of anilines is 4. The molecule has 0 spiro atoms. The van der Waals surface area contributed by atoms with Crippen LogP contribution in [0.25, 0.3) is 0 Å². The molecule has 2 heterocycles. The number of para-hydroxylation sites is 1. The van der Waals surface area contributed by atoms with E-state index in [1.54, 1.807) is 19.5 Å². The van der Waals surface area contributed by atoms with E-state index >= 15 is 0 Å². The predicted molar refractivity (Wildman–Crippen MR) is 114 cm³/mol. The third-order valence-electron chi connectivity index (χ3n) is 5.07. The Hall–Kier alpha value is -3.35. The minimum Gasteiger partial charge on any atom is -0.495 e. The van der Waals surface area contributed by atoms with Gasteiger partial charge in [0.05, 0.1) is 18.5 Å². The Morgan fingerprint density at radius 2 is 1.72 bits per heavy atom. The zero-order valence-electron chi connectivity index (χ0n) is 16.6. The monoisotopic (exact) mass is 393 g/mol. The lowest BCUT2D eigenvalue weighted by molar-refractivity contribution is 0.416. The molecule has 1 aliphatic heterocycles. The maximum atomic E-state index is 14.0. The van der Waals surface area contributed by atoms with Crippen LogP contribution in [0.4, 0.5) is 27.4 Å². The van der Waals surface area contributed by atoms with Crippen LogP contribution in [0.15, 0.2) is 54.9 Å². The van der Waals surface area contributed by atoms with E-state index in [9.17, 15) is 4.39 Å². The van der Waals surface area contributed by atoms with Crippen molar-refractivity contribution >= 4 is 23.0 Å². The first-order chi connectivity index (χ1) is 14.1. The van der Waals surface area contributed by atoms with Gasteiger partial charge in [-0.15, -0.1) is 0 Å². The summed E-state index contributed by atoms with van der Waals surface area (Å²) >= 11 is 0. The summed E-state index contributed by atoms with van der Waals surface area (Å²) in [4.78, 5) is 13.0. The van der Waals surface area contributed by atoms with Crippen LogP contribution in [0.5, 0.6) is 5.75 Å². The highest BCUT2D eigenvalue weighted by Crippen LogP contribution is 2.29. The van der Waals surface area contributed by atoms with Crippen LogP contribution in [-0.2, 0) is 0 Å². The smallest absolute Gasteiger partial charge is 0.146 e. The van der Waals surface area contributed by atoms with Crippen LogP contribution in [-0.4, -0.2) is 43.3 Å². The Bertz CT molecular complexity index is 988. The van der Waals surface area contributed by atoms with Crippen molar-refractivity contribution in [3.8, 4) is 5.75 Å². The third-order valence-corrected chi connectivity index (χ3v) is 5.07. The molecule has 0 bridgehead atoms. The van der Waals surface area contributed by atoms with Crippen molar-refractivity contribution in [3.05, 3.63) is 66.2 Å². The molecule has 0 aliphatic carbocycles. The summed E-state index contributed by atoms with van der Waals surface area (Å²) in [5.41, 5.74) is 2.65. The number of aryl methyl sites for hydroxylation is 1. The minimum absolute atomic E-state index is 0.179. The van der Waals surface area contributed by atoms with Crippen LogP contribution < -0.4 is 19.9 Å². The number of piperazine rings is 1. The van der Waals surface area contributed by atoms with Gasteiger partial charge in [-0.2, -0.15) is 0 Å². The highest BCUT2D eigenvalue weighted by molar-refractivity contribution is 5.66. The lowest BCUT2D eigenvalue weighted by Gasteiger charge is -2.36. The normalized spacial score (nSPS) is 14.0. The Labute approximate surface area is 170 Å². The first-order valence-corrected chi connectivity index (χ1v) is 9.62. The topological polar surface area (TPSA) is 53.5 Å². The summed E-state index contributed by atoms with van der Waals surface area (Å²) in [5, 5.41) is 3.32. The van der Waals surface area contributed by atoms with Gasteiger partial charge in [-0.1, -0.05) is 18.2 Å². The zero-order valence-corrected chi connectivity index (χ0v) is 16.6. The van der Waals surface area contributed by atoms with E-state index < -0.39 is 0 Å². The second-order valence-corrected chi connectivity index (χ2v) is 7.02. The van der Waals surface area contributed by atoms with Gasteiger partial charge in [0.1, 0.15) is 29.5 Å². The summed E-state index contributed by atoms with van der Waals surface area (Å²) < 4.78 is 19.5. The maximum absolute atomic E-state index is 14.0. The van der Waals surface area contributed by atoms with Crippen molar-refractivity contribution in [1.82, 2.24) is 9.97 Å². The molecule has 1 N–H and O–H groups in total. The molecule has 0 amide bonds. The molecule has 1 saturated heterocycles. The molecule has 6 nitrogen and oxygen atoms in total. The second kappa shape index (κ2) is 8.34. The molecule has 2 aromatic carbocycles. The average Bonchev–Trinajstić information content (AvgIpc) is 2.75. The van der Waals surface area contributed by atoms with Gasteiger partial charge in [0, 0.05) is 32.2 Å². The molecule has 0 saturated carbocycles. The maximum Gasteiger partial charge on any atom is 0.146 e. The number of nitrogens with one attached hydrogen (secondary N) is 1. The molecule has 1 aliphatic rings. The van der Waals surface area contributed by atoms with E-state index in [1.165, 1.54) is 6.07 Å². The summed E-state index contributed by atoms with van der Waals surface area (Å²) in [7, 11) is 1.65. The molecule has 1 aromatic heterocycles. The summed E-state index contributed by atoms with van der Waals surface area (Å²) in [6.45, 7) is 5.03. The van der Waals surface area contributed by atoms with Gasteiger partial charge in [-0.05, 0) is 36.8 Å². The summed E-state index contributed by atoms with van der Waals surface area (Å²) in [6, 6.07) is 14.8. The van der Waals surface area contributed by atoms with E-state index in [4.69, 9.17) is 4.74 Å². The molecule has 1 fully saturated rings. The Kier molecular flexibility index (Phi) is 5.46. The van der Waals surface area contributed by atoms with Crippen molar-refractivity contribution in [3.63, 3.8) is 0 Å². The molecular weight excluding hydrogens is 369 g/mol. The Balaban J connectivity index is 1.46. The van der Waals surface area contributed by atoms with Crippen molar-refractivity contribution in [2.45, 2.75) is 6.92 Å². The molecule has 150 valence electrons. The summed E-state index contributed by atoms with van der Waals surface area (Å²) in [5.74, 6) is 2.13.